The standard InChI is InChI=1S/C18H20F2N4O4/c19-18(20)8-13(18)15(25)23(21)16(26)14-7-6-12-9-22(14)17(27)24(12)28-10-11-4-2-1-3-5-11/h1-5,12-14H,6-10,21H2/t12-,13?,14+/m1/s1. The molecule has 2 heterocycles. The van der Waals surface area contributed by atoms with Gasteiger partial charge in [-0.1, -0.05) is 30.3 Å². The van der Waals surface area contributed by atoms with E-state index in [-0.39, 0.29) is 30.6 Å². The molecule has 8 nitrogen and oxygen atoms in total. The number of urea groups is 1. The van der Waals surface area contributed by atoms with Crippen molar-refractivity contribution in [3.63, 3.8) is 0 Å². The fourth-order valence-electron chi connectivity index (χ4n) is 3.69. The van der Waals surface area contributed by atoms with Gasteiger partial charge in [-0.15, -0.1) is 0 Å². The van der Waals surface area contributed by atoms with E-state index in [1.165, 1.54) is 9.96 Å². The van der Waals surface area contributed by atoms with E-state index in [0.29, 0.717) is 6.42 Å². The van der Waals surface area contributed by atoms with E-state index in [1.807, 2.05) is 30.3 Å². The summed E-state index contributed by atoms with van der Waals surface area (Å²) in [6.07, 6.45) is 0.154. The third-order valence-electron chi connectivity index (χ3n) is 5.42. The number of fused-ring (bicyclic) bond motifs is 2. The van der Waals surface area contributed by atoms with Gasteiger partial charge < -0.3 is 4.90 Å². The molecule has 0 spiro atoms. The van der Waals surface area contributed by atoms with Crippen molar-refractivity contribution < 1.29 is 28.0 Å². The highest BCUT2D eigenvalue weighted by Crippen LogP contribution is 2.49. The molecule has 150 valence electrons. The van der Waals surface area contributed by atoms with E-state index in [2.05, 4.69) is 0 Å². The first-order valence-corrected chi connectivity index (χ1v) is 9.06. The lowest BCUT2D eigenvalue weighted by atomic mass is 10.00. The highest BCUT2D eigenvalue weighted by Gasteiger charge is 2.63. The number of hydrogen-bond donors (Lipinski definition) is 1. The summed E-state index contributed by atoms with van der Waals surface area (Å²) in [4.78, 5) is 44.2. The third-order valence-corrected chi connectivity index (χ3v) is 5.42. The van der Waals surface area contributed by atoms with Crippen molar-refractivity contribution in [2.45, 2.75) is 43.9 Å². The second-order valence-electron chi connectivity index (χ2n) is 7.33. The van der Waals surface area contributed by atoms with Crippen LogP contribution >= 0.6 is 0 Å². The Morgan fingerprint density at radius 2 is 1.89 bits per heavy atom. The first kappa shape index (κ1) is 18.8. The highest BCUT2D eigenvalue weighted by atomic mass is 19.3. The minimum atomic E-state index is -3.11. The molecule has 1 aliphatic carbocycles. The summed E-state index contributed by atoms with van der Waals surface area (Å²) in [5.74, 6) is -1.11. The molecule has 2 saturated heterocycles. The Hall–Kier alpha value is -2.59. The van der Waals surface area contributed by atoms with E-state index in [0.717, 1.165) is 5.56 Å². The predicted octanol–water partition coefficient (Wildman–Crippen LogP) is 1.27. The van der Waals surface area contributed by atoms with Gasteiger partial charge in [0.15, 0.2) is 0 Å². The Bertz CT molecular complexity index is 806. The molecule has 1 aromatic carbocycles. The fraction of sp³-hybridized carbons (Fsp3) is 0.500. The van der Waals surface area contributed by atoms with E-state index in [4.69, 9.17) is 10.7 Å². The van der Waals surface area contributed by atoms with Crippen LogP contribution in [-0.2, 0) is 21.0 Å². The van der Waals surface area contributed by atoms with Gasteiger partial charge in [-0.3, -0.25) is 14.4 Å². The number of hydrazine groups is 1. The van der Waals surface area contributed by atoms with Gasteiger partial charge in [-0.2, -0.15) is 5.06 Å². The van der Waals surface area contributed by atoms with Crippen LogP contribution in [0.1, 0.15) is 24.8 Å². The molecular formula is C18H20F2N4O4. The van der Waals surface area contributed by atoms with Crippen molar-refractivity contribution in [1.82, 2.24) is 15.0 Å². The summed E-state index contributed by atoms with van der Waals surface area (Å²) in [6, 6.07) is 7.65. The van der Waals surface area contributed by atoms with Gasteiger partial charge in [-0.25, -0.2) is 24.4 Å². The summed E-state index contributed by atoms with van der Waals surface area (Å²) in [5, 5.41) is 1.50. The molecule has 2 bridgehead atoms. The number of benzene rings is 1. The quantitative estimate of drug-likeness (QED) is 0.351. The fourth-order valence-corrected chi connectivity index (χ4v) is 3.69. The molecule has 4 rings (SSSR count). The lowest BCUT2D eigenvalue weighted by Gasteiger charge is -2.31. The van der Waals surface area contributed by atoms with E-state index < -0.39 is 42.1 Å². The van der Waals surface area contributed by atoms with Gasteiger partial charge in [0.2, 0.25) is 0 Å². The first-order valence-electron chi connectivity index (χ1n) is 9.06. The SMILES string of the molecule is NN(C(=O)C1CC1(F)F)C(=O)[C@@H]1CC[C@@H]2CN1C(=O)N2OCc1ccccc1. The van der Waals surface area contributed by atoms with Crippen LogP contribution in [0.4, 0.5) is 13.6 Å². The normalized spacial score (nSPS) is 27.7. The number of carbonyl (C=O) groups excluding carboxylic acids is 3. The minimum absolute atomic E-state index is 0.202. The van der Waals surface area contributed by atoms with Crippen molar-refractivity contribution in [1.29, 1.82) is 0 Å². The molecule has 3 aliphatic rings. The first-order chi connectivity index (χ1) is 13.3. The zero-order valence-electron chi connectivity index (χ0n) is 15.0. The molecule has 4 amide bonds. The minimum Gasteiger partial charge on any atom is -0.309 e. The Balaban J connectivity index is 1.40. The number of piperidine rings is 1. The number of nitrogens with two attached hydrogens (primary N) is 1. The van der Waals surface area contributed by atoms with Crippen LogP contribution in [-0.4, -0.2) is 57.4 Å². The molecule has 2 N–H and O–H groups in total. The molecule has 28 heavy (non-hydrogen) atoms. The zero-order chi connectivity index (χ0) is 20.1. The topological polar surface area (TPSA) is 96.2 Å². The third kappa shape index (κ3) is 3.22. The van der Waals surface area contributed by atoms with Crippen molar-refractivity contribution in [2.24, 2.45) is 11.8 Å². The van der Waals surface area contributed by atoms with Gasteiger partial charge in [0.25, 0.3) is 17.7 Å². The Kier molecular flexibility index (Phi) is 4.54. The Morgan fingerprint density at radius 1 is 1.21 bits per heavy atom. The van der Waals surface area contributed by atoms with Gasteiger partial charge in [0.05, 0.1) is 6.04 Å². The molecule has 3 fully saturated rings. The number of halogens is 2. The number of hydroxylamine groups is 2. The van der Waals surface area contributed by atoms with Crippen molar-refractivity contribution in [2.75, 3.05) is 6.54 Å². The van der Waals surface area contributed by atoms with Gasteiger partial charge in [0.1, 0.15) is 18.6 Å². The number of carbonyl (C=O) groups is 3. The predicted molar refractivity (Wildman–Crippen MR) is 91.1 cm³/mol. The molecular weight excluding hydrogens is 374 g/mol. The van der Waals surface area contributed by atoms with Crippen LogP contribution in [0.2, 0.25) is 0 Å². The molecule has 1 unspecified atom stereocenters. The molecule has 1 aromatic rings. The molecule has 10 heteroatoms. The van der Waals surface area contributed by atoms with Crippen LogP contribution in [0.5, 0.6) is 0 Å². The molecule has 0 radical (unpaired) electrons. The van der Waals surface area contributed by atoms with E-state index >= 15 is 0 Å². The van der Waals surface area contributed by atoms with Crippen molar-refractivity contribution >= 4 is 17.8 Å². The van der Waals surface area contributed by atoms with Crippen LogP contribution in [0, 0.1) is 5.92 Å². The lowest BCUT2D eigenvalue weighted by Crippen LogP contribution is -2.55. The summed E-state index contributed by atoms with van der Waals surface area (Å²) >= 11 is 0. The maximum absolute atomic E-state index is 13.1. The number of amides is 4. The highest BCUT2D eigenvalue weighted by molar-refractivity contribution is 6.01. The Morgan fingerprint density at radius 3 is 2.54 bits per heavy atom. The number of nitrogens with zero attached hydrogens (tertiary/aromatic N) is 3. The monoisotopic (exact) mass is 394 g/mol. The average Bonchev–Trinajstić information content (AvgIpc) is 3.27. The van der Waals surface area contributed by atoms with E-state index in [1.54, 1.807) is 0 Å². The summed E-state index contributed by atoms with van der Waals surface area (Å²) < 4.78 is 26.2. The largest absolute Gasteiger partial charge is 0.345 e. The molecule has 0 aromatic heterocycles. The molecule has 3 atom stereocenters. The van der Waals surface area contributed by atoms with Gasteiger partial charge >= 0.3 is 6.03 Å². The summed E-state index contributed by atoms with van der Waals surface area (Å²) in [5.41, 5.74) is 0.892. The maximum atomic E-state index is 13.1. The lowest BCUT2D eigenvalue weighted by molar-refractivity contribution is -0.150. The second kappa shape index (κ2) is 6.78. The zero-order valence-corrected chi connectivity index (χ0v) is 15.0. The summed E-state index contributed by atoms with van der Waals surface area (Å²) in [7, 11) is 0. The number of hydrogen-bond acceptors (Lipinski definition) is 5. The van der Waals surface area contributed by atoms with Crippen LogP contribution in [0.3, 0.4) is 0 Å². The Labute approximate surface area is 159 Å². The molecule has 2 aliphatic heterocycles. The van der Waals surface area contributed by atoms with Crippen LogP contribution in [0.15, 0.2) is 30.3 Å². The maximum Gasteiger partial charge on any atom is 0.345 e. The number of rotatable bonds is 5. The van der Waals surface area contributed by atoms with Crippen molar-refractivity contribution in [3.8, 4) is 0 Å². The average molecular weight is 394 g/mol. The van der Waals surface area contributed by atoms with Gasteiger partial charge in [-0.05, 0) is 18.4 Å². The van der Waals surface area contributed by atoms with E-state index in [9.17, 15) is 23.2 Å². The van der Waals surface area contributed by atoms with Crippen LogP contribution in [0.25, 0.3) is 0 Å². The smallest absolute Gasteiger partial charge is 0.309 e. The molecule has 1 saturated carbocycles. The van der Waals surface area contributed by atoms with Gasteiger partial charge in [0, 0.05) is 13.0 Å². The van der Waals surface area contributed by atoms with Crippen LogP contribution < -0.4 is 5.84 Å². The number of imide groups is 1. The number of alkyl halides is 2. The summed E-state index contributed by atoms with van der Waals surface area (Å²) in [6.45, 7) is 0.458. The second-order valence-corrected chi connectivity index (χ2v) is 7.33. The van der Waals surface area contributed by atoms with Crippen molar-refractivity contribution in [3.05, 3.63) is 35.9 Å².